The SMILES string of the molecule is Cc1nn(C)cc1C(=O)Nc1ccc(F)cc1-c1ccc(Cl)c(F)c1. The van der Waals surface area contributed by atoms with Crippen molar-refractivity contribution in [3.8, 4) is 11.1 Å². The van der Waals surface area contributed by atoms with Crippen LogP contribution < -0.4 is 5.32 Å². The van der Waals surface area contributed by atoms with Gasteiger partial charge < -0.3 is 5.32 Å². The van der Waals surface area contributed by atoms with Crippen LogP contribution in [0, 0.1) is 18.6 Å². The minimum Gasteiger partial charge on any atom is -0.321 e. The van der Waals surface area contributed by atoms with Crippen LogP contribution in [0.1, 0.15) is 16.1 Å². The van der Waals surface area contributed by atoms with Crippen molar-refractivity contribution in [3.05, 3.63) is 70.5 Å². The lowest BCUT2D eigenvalue weighted by Crippen LogP contribution is -2.13. The molecule has 7 heteroatoms. The Morgan fingerprint density at radius 1 is 1.20 bits per heavy atom. The van der Waals surface area contributed by atoms with Crippen molar-refractivity contribution in [2.24, 2.45) is 7.05 Å². The summed E-state index contributed by atoms with van der Waals surface area (Å²) in [4.78, 5) is 12.5. The predicted octanol–water partition coefficient (Wildman–Crippen LogP) is 4.58. The molecule has 0 aliphatic rings. The third kappa shape index (κ3) is 3.53. The second kappa shape index (κ2) is 6.64. The van der Waals surface area contributed by atoms with Crippen LogP contribution >= 0.6 is 11.6 Å². The van der Waals surface area contributed by atoms with Gasteiger partial charge in [0.05, 0.1) is 16.3 Å². The fourth-order valence-corrected chi connectivity index (χ4v) is 2.66. The third-order valence-corrected chi connectivity index (χ3v) is 4.03. The molecule has 3 aromatic rings. The quantitative estimate of drug-likeness (QED) is 0.742. The molecule has 0 atom stereocenters. The average Bonchev–Trinajstić information content (AvgIpc) is 2.90. The number of aromatic nitrogens is 2. The fourth-order valence-electron chi connectivity index (χ4n) is 2.54. The van der Waals surface area contributed by atoms with Crippen LogP contribution in [0.5, 0.6) is 0 Å². The molecule has 128 valence electrons. The van der Waals surface area contributed by atoms with E-state index in [1.807, 2.05) is 0 Å². The molecule has 0 aliphatic carbocycles. The van der Waals surface area contributed by atoms with Crippen LogP contribution in [0.15, 0.2) is 42.6 Å². The maximum absolute atomic E-state index is 13.8. The van der Waals surface area contributed by atoms with Gasteiger partial charge in [-0.25, -0.2) is 8.78 Å². The topological polar surface area (TPSA) is 46.9 Å². The maximum Gasteiger partial charge on any atom is 0.259 e. The Labute approximate surface area is 148 Å². The highest BCUT2D eigenvalue weighted by molar-refractivity contribution is 6.30. The summed E-state index contributed by atoms with van der Waals surface area (Å²) in [5.74, 6) is -1.50. The van der Waals surface area contributed by atoms with E-state index in [9.17, 15) is 13.6 Å². The van der Waals surface area contributed by atoms with E-state index in [1.165, 1.54) is 35.0 Å². The highest BCUT2D eigenvalue weighted by Crippen LogP contribution is 2.31. The minimum atomic E-state index is -0.621. The summed E-state index contributed by atoms with van der Waals surface area (Å²) in [7, 11) is 1.71. The van der Waals surface area contributed by atoms with Crippen molar-refractivity contribution in [2.45, 2.75) is 6.92 Å². The van der Waals surface area contributed by atoms with Crippen molar-refractivity contribution in [1.82, 2.24) is 9.78 Å². The number of nitrogens with one attached hydrogen (secondary N) is 1. The van der Waals surface area contributed by atoms with Crippen molar-refractivity contribution >= 4 is 23.2 Å². The highest BCUT2D eigenvalue weighted by Gasteiger charge is 2.16. The van der Waals surface area contributed by atoms with E-state index in [-0.39, 0.29) is 10.9 Å². The predicted molar refractivity (Wildman–Crippen MR) is 92.7 cm³/mol. The fraction of sp³-hybridized carbons (Fsp3) is 0.111. The number of benzene rings is 2. The Morgan fingerprint density at radius 2 is 1.96 bits per heavy atom. The van der Waals surface area contributed by atoms with Crippen molar-refractivity contribution in [2.75, 3.05) is 5.32 Å². The zero-order valence-electron chi connectivity index (χ0n) is 13.5. The number of rotatable bonds is 3. The zero-order chi connectivity index (χ0) is 18.1. The van der Waals surface area contributed by atoms with Gasteiger partial charge in [0.25, 0.3) is 5.91 Å². The molecule has 2 aromatic carbocycles. The van der Waals surface area contributed by atoms with Crippen LogP contribution in [0.2, 0.25) is 5.02 Å². The normalized spacial score (nSPS) is 10.8. The largest absolute Gasteiger partial charge is 0.321 e. The molecule has 0 aliphatic heterocycles. The summed E-state index contributed by atoms with van der Waals surface area (Å²) in [5, 5.41) is 6.82. The number of aryl methyl sites for hydroxylation is 2. The maximum atomic E-state index is 13.8. The molecule has 0 fully saturated rings. The Balaban J connectivity index is 2.00. The van der Waals surface area contributed by atoms with Gasteiger partial charge >= 0.3 is 0 Å². The van der Waals surface area contributed by atoms with E-state index in [2.05, 4.69) is 10.4 Å². The molecule has 0 bridgehead atoms. The van der Waals surface area contributed by atoms with Gasteiger partial charge in [0.15, 0.2) is 0 Å². The first-order valence-corrected chi connectivity index (χ1v) is 7.79. The number of nitrogens with zero attached hydrogens (tertiary/aromatic N) is 2. The van der Waals surface area contributed by atoms with Gasteiger partial charge in [0.2, 0.25) is 0 Å². The van der Waals surface area contributed by atoms with Gasteiger partial charge in [0.1, 0.15) is 11.6 Å². The average molecular weight is 362 g/mol. The summed E-state index contributed by atoms with van der Waals surface area (Å²) < 4.78 is 29.0. The lowest BCUT2D eigenvalue weighted by atomic mass is 10.0. The Morgan fingerprint density at radius 3 is 2.60 bits per heavy atom. The zero-order valence-corrected chi connectivity index (χ0v) is 14.2. The second-order valence-electron chi connectivity index (χ2n) is 5.57. The number of hydrogen-bond acceptors (Lipinski definition) is 2. The van der Waals surface area contributed by atoms with Gasteiger partial charge in [-0.15, -0.1) is 0 Å². The molecule has 0 unspecified atom stereocenters. The monoisotopic (exact) mass is 361 g/mol. The van der Waals surface area contributed by atoms with E-state index in [4.69, 9.17) is 11.6 Å². The number of hydrogen-bond donors (Lipinski definition) is 1. The molecule has 1 heterocycles. The molecular formula is C18H14ClF2N3O. The van der Waals surface area contributed by atoms with Crippen LogP contribution in [-0.4, -0.2) is 15.7 Å². The summed E-state index contributed by atoms with van der Waals surface area (Å²) in [6, 6.07) is 8.03. The number of carbonyl (C=O) groups excluding carboxylic acids is 1. The van der Waals surface area contributed by atoms with Crippen molar-refractivity contribution in [1.29, 1.82) is 0 Å². The van der Waals surface area contributed by atoms with Crippen LogP contribution in [0.3, 0.4) is 0 Å². The number of carbonyl (C=O) groups is 1. The molecule has 0 radical (unpaired) electrons. The third-order valence-electron chi connectivity index (χ3n) is 3.72. The molecule has 1 amide bonds. The summed E-state index contributed by atoms with van der Waals surface area (Å²) in [5.41, 5.74) is 2.09. The standard InChI is InChI=1S/C18H14ClF2N3O/c1-10-14(9-24(2)23-10)18(25)22-17-6-4-12(20)8-13(17)11-3-5-15(19)16(21)7-11/h3-9H,1-2H3,(H,22,25). The van der Waals surface area contributed by atoms with E-state index < -0.39 is 11.6 Å². The second-order valence-corrected chi connectivity index (χ2v) is 5.98. The number of amides is 1. The molecule has 3 rings (SSSR count). The molecule has 0 spiro atoms. The smallest absolute Gasteiger partial charge is 0.259 e. The summed E-state index contributed by atoms with van der Waals surface area (Å²) in [6.07, 6.45) is 1.59. The van der Waals surface area contributed by atoms with E-state index in [0.29, 0.717) is 28.1 Å². The van der Waals surface area contributed by atoms with Gasteiger partial charge in [-0.2, -0.15) is 5.10 Å². The Hall–Kier alpha value is -2.73. The van der Waals surface area contributed by atoms with Gasteiger partial charge in [-0.1, -0.05) is 17.7 Å². The molecule has 4 nitrogen and oxygen atoms in total. The van der Waals surface area contributed by atoms with Crippen LogP contribution in [-0.2, 0) is 7.05 Å². The highest BCUT2D eigenvalue weighted by atomic mass is 35.5. The molecular weight excluding hydrogens is 348 g/mol. The van der Waals surface area contributed by atoms with E-state index in [0.717, 1.165) is 0 Å². The lowest BCUT2D eigenvalue weighted by molar-refractivity contribution is 0.102. The molecule has 25 heavy (non-hydrogen) atoms. The Kier molecular flexibility index (Phi) is 4.55. The van der Waals surface area contributed by atoms with Crippen molar-refractivity contribution < 1.29 is 13.6 Å². The van der Waals surface area contributed by atoms with Gasteiger partial charge in [-0.3, -0.25) is 9.48 Å². The number of halogens is 3. The molecule has 1 N–H and O–H groups in total. The van der Waals surface area contributed by atoms with Crippen LogP contribution in [0.4, 0.5) is 14.5 Å². The van der Waals surface area contributed by atoms with Gasteiger partial charge in [0, 0.05) is 24.5 Å². The Bertz CT molecular complexity index is 969. The molecule has 0 saturated carbocycles. The van der Waals surface area contributed by atoms with E-state index in [1.54, 1.807) is 26.2 Å². The van der Waals surface area contributed by atoms with E-state index >= 15 is 0 Å². The minimum absolute atomic E-state index is 0.0308. The lowest BCUT2D eigenvalue weighted by Gasteiger charge is -2.12. The summed E-state index contributed by atoms with van der Waals surface area (Å²) in [6.45, 7) is 1.72. The first-order valence-electron chi connectivity index (χ1n) is 7.41. The van der Waals surface area contributed by atoms with Crippen molar-refractivity contribution in [3.63, 3.8) is 0 Å². The number of anilines is 1. The molecule has 1 aromatic heterocycles. The van der Waals surface area contributed by atoms with Crippen LogP contribution in [0.25, 0.3) is 11.1 Å². The first kappa shape index (κ1) is 17.1. The summed E-state index contributed by atoms with van der Waals surface area (Å²) >= 11 is 5.70. The first-order chi connectivity index (χ1) is 11.8. The van der Waals surface area contributed by atoms with Gasteiger partial charge in [-0.05, 0) is 42.8 Å². The molecule has 0 saturated heterocycles.